The number of hydrogen-bond donors (Lipinski definition) is 2. The molecule has 5 nitrogen and oxygen atoms in total. The molecule has 0 aromatic heterocycles. The monoisotopic (exact) mass is 352 g/mol. The van der Waals surface area contributed by atoms with Crippen molar-refractivity contribution < 1.29 is 14.4 Å². The smallest absolute Gasteiger partial charge is 0.325 e. The van der Waals surface area contributed by atoms with Crippen LogP contribution in [-0.4, -0.2) is 33.2 Å². The highest BCUT2D eigenvalue weighted by atomic mass is 28.3. The summed E-state index contributed by atoms with van der Waals surface area (Å²) < 4.78 is 5.44. The minimum absolute atomic E-state index is 0.238. The van der Waals surface area contributed by atoms with Crippen molar-refractivity contribution >= 4 is 14.0 Å². The lowest BCUT2D eigenvalue weighted by molar-refractivity contribution is -0.151. The Morgan fingerprint density at radius 2 is 1.92 bits per heavy atom. The first-order valence-electron chi connectivity index (χ1n) is 8.70. The fraction of sp³-hybridized carbons (Fsp3) is 0.611. The molecule has 1 rings (SSSR count). The SMILES string of the molecule is C[Si](C)(C)CCOC(=O)[C@H](CCCCN)NOCc1ccccc1. The summed E-state index contributed by atoms with van der Waals surface area (Å²) in [5.74, 6) is -0.238. The first-order valence-corrected chi connectivity index (χ1v) is 12.4. The van der Waals surface area contributed by atoms with Crippen LogP contribution in [0.15, 0.2) is 30.3 Å². The molecule has 0 heterocycles. The normalized spacial score (nSPS) is 12.8. The number of benzene rings is 1. The van der Waals surface area contributed by atoms with E-state index in [1.54, 1.807) is 0 Å². The number of carbonyl (C=O) groups excluding carboxylic acids is 1. The molecule has 0 spiro atoms. The number of carbonyl (C=O) groups is 1. The lowest BCUT2D eigenvalue weighted by atomic mass is 10.1. The second-order valence-electron chi connectivity index (χ2n) is 7.21. The Bertz CT molecular complexity index is 463. The zero-order chi connectivity index (χ0) is 17.8. The molecule has 0 aliphatic heterocycles. The number of nitrogens with one attached hydrogen (secondary N) is 1. The van der Waals surface area contributed by atoms with Crippen molar-refractivity contribution in [1.29, 1.82) is 0 Å². The van der Waals surface area contributed by atoms with E-state index >= 15 is 0 Å². The van der Waals surface area contributed by atoms with E-state index < -0.39 is 14.1 Å². The summed E-state index contributed by atoms with van der Waals surface area (Å²) in [6.45, 7) is 8.32. The van der Waals surface area contributed by atoms with Crippen molar-refractivity contribution in [3.8, 4) is 0 Å². The van der Waals surface area contributed by atoms with Crippen molar-refractivity contribution in [1.82, 2.24) is 5.48 Å². The Morgan fingerprint density at radius 1 is 1.21 bits per heavy atom. The number of hydroxylamine groups is 1. The van der Waals surface area contributed by atoms with Crippen molar-refractivity contribution in [3.05, 3.63) is 35.9 Å². The fourth-order valence-corrected chi connectivity index (χ4v) is 2.79. The summed E-state index contributed by atoms with van der Waals surface area (Å²) >= 11 is 0. The molecular formula is C18H32N2O3Si. The third-order valence-electron chi connectivity index (χ3n) is 3.64. The predicted octanol–water partition coefficient (Wildman–Crippen LogP) is 3.09. The van der Waals surface area contributed by atoms with Crippen LogP contribution >= 0.6 is 0 Å². The Kier molecular flexibility index (Phi) is 9.86. The van der Waals surface area contributed by atoms with E-state index in [0.29, 0.717) is 26.2 Å². The number of unbranched alkanes of at least 4 members (excludes halogenated alkanes) is 1. The summed E-state index contributed by atoms with van der Waals surface area (Å²) in [6.07, 6.45) is 2.42. The van der Waals surface area contributed by atoms with Crippen LogP contribution in [0.5, 0.6) is 0 Å². The van der Waals surface area contributed by atoms with E-state index in [4.69, 9.17) is 15.3 Å². The van der Waals surface area contributed by atoms with Gasteiger partial charge in [0.05, 0.1) is 13.2 Å². The molecule has 136 valence electrons. The average molecular weight is 353 g/mol. The maximum Gasteiger partial charge on any atom is 0.325 e. The van der Waals surface area contributed by atoms with Gasteiger partial charge < -0.3 is 10.5 Å². The zero-order valence-corrected chi connectivity index (χ0v) is 16.2. The van der Waals surface area contributed by atoms with Crippen molar-refractivity contribution in [2.24, 2.45) is 5.73 Å². The van der Waals surface area contributed by atoms with E-state index in [0.717, 1.165) is 24.4 Å². The van der Waals surface area contributed by atoms with Gasteiger partial charge in [-0.3, -0.25) is 9.63 Å². The topological polar surface area (TPSA) is 73.6 Å². The quantitative estimate of drug-likeness (QED) is 0.262. The molecule has 0 radical (unpaired) electrons. The maximum absolute atomic E-state index is 12.3. The molecule has 1 atom stereocenters. The highest BCUT2D eigenvalue weighted by molar-refractivity contribution is 6.76. The summed E-state index contributed by atoms with van der Waals surface area (Å²) in [4.78, 5) is 17.8. The molecular weight excluding hydrogens is 320 g/mol. The molecule has 0 aliphatic rings. The van der Waals surface area contributed by atoms with Gasteiger partial charge >= 0.3 is 5.97 Å². The van der Waals surface area contributed by atoms with Gasteiger partial charge in [0.2, 0.25) is 0 Å². The predicted molar refractivity (Wildman–Crippen MR) is 100 cm³/mol. The van der Waals surface area contributed by atoms with Crippen molar-refractivity contribution in [2.45, 2.75) is 57.6 Å². The number of nitrogens with two attached hydrogens (primary N) is 1. The Balaban J connectivity index is 2.41. The molecule has 0 saturated heterocycles. The molecule has 3 N–H and O–H groups in total. The molecule has 6 heteroatoms. The summed E-state index contributed by atoms with van der Waals surface area (Å²) in [5, 5.41) is 0. The third-order valence-corrected chi connectivity index (χ3v) is 5.34. The van der Waals surface area contributed by atoms with Gasteiger partial charge in [-0.1, -0.05) is 50.0 Å². The van der Waals surface area contributed by atoms with Gasteiger partial charge in [-0.2, -0.15) is 5.48 Å². The van der Waals surface area contributed by atoms with Crippen LogP contribution in [0.25, 0.3) is 0 Å². The molecule has 0 aliphatic carbocycles. The Labute approximate surface area is 146 Å². The van der Waals surface area contributed by atoms with Crippen LogP contribution in [0, 0.1) is 0 Å². The van der Waals surface area contributed by atoms with E-state index in [1.807, 2.05) is 30.3 Å². The second-order valence-corrected chi connectivity index (χ2v) is 12.8. The van der Waals surface area contributed by atoms with Crippen LogP contribution in [0.3, 0.4) is 0 Å². The molecule has 0 amide bonds. The van der Waals surface area contributed by atoms with Gasteiger partial charge in [0.25, 0.3) is 0 Å². The highest BCUT2D eigenvalue weighted by Crippen LogP contribution is 2.10. The van der Waals surface area contributed by atoms with E-state index in [1.165, 1.54) is 0 Å². The van der Waals surface area contributed by atoms with E-state index in [9.17, 15) is 4.79 Å². The number of hydrogen-bond acceptors (Lipinski definition) is 5. The minimum atomic E-state index is -1.20. The zero-order valence-electron chi connectivity index (χ0n) is 15.2. The number of ether oxygens (including phenoxy) is 1. The van der Waals surface area contributed by atoms with Gasteiger partial charge in [-0.05, 0) is 37.4 Å². The Morgan fingerprint density at radius 3 is 2.54 bits per heavy atom. The number of esters is 1. The van der Waals surface area contributed by atoms with Crippen molar-refractivity contribution in [3.63, 3.8) is 0 Å². The fourth-order valence-electron chi connectivity index (χ4n) is 2.08. The van der Waals surface area contributed by atoms with Gasteiger partial charge in [0.1, 0.15) is 6.04 Å². The van der Waals surface area contributed by atoms with Crippen molar-refractivity contribution in [2.75, 3.05) is 13.2 Å². The second kappa shape index (κ2) is 11.4. The average Bonchev–Trinajstić information content (AvgIpc) is 2.53. The van der Waals surface area contributed by atoms with Crippen LogP contribution in [-0.2, 0) is 21.0 Å². The lowest BCUT2D eigenvalue weighted by Crippen LogP contribution is -2.38. The summed E-state index contributed by atoms with van der Waals surface area (Å²) in [6, 6.07) is 10.4. The first-order chi connectivity index (χ1) is 11.4. The first kappa shape index (κ1) is 20.8. The molecule has 24 heavy (non-hydrogen) atoms. The molecule has 1 aromatic carbocycles. The van der Waals surface area contributed by atoms with Gasteiger partial charge in [-0.25, -0.2) is 0 Å². The van der Waals surface area contributed by atoms with Crippen LogP contribution in [0.4, 0.5) is 0 Å². The molecule has 0 fully saturated rings. The molecule has 1 aromatic rings. The highest BCUT2D eigenvalue weighted by Gasteiger charge is 2.21. The lowest BCUT2D eigenvalue weighted by Gasteiger charge is -2.19. The maximum atomic E-state index is 12.3. The van der Waals surface area contributed by atoms with Crippen LogP contribution in [0.1, 0.15) is 24.8 Å². The van der Waals surface area contributed by atoms with Crippen LogP contribution < -0.4 is 11.2 Å². The standard InChI is InChI=1S/C18H32N2O3Si/c1-24(2,3)14-13-22-18(21)17(11-7-8-12-19)20-23-15-16-9-5-4-6-10-16/h4-6,9-10,17,20H,7-8,11-15,19H2,1-3H3/t17-/m0/s1. The van der Waals surface area contributed by atoms with E-state index in [-0.39, 0.29) is 5.97 Å². The van der Waals surface area contributed by atoms with Crippen LogP contribution in [0.2, 0.25) is 25.7 Å². The Hall–Kier alpha value is -1.21. The van der Waals surface area contributed by atoms with Gasteiger partial charge in [0, 0.05) is 8.07 Å². The molecule has 0 saturated carbocycles. The summed E-state index contributed by atoms with van der Waals surface area (Å²) in [5.41, 5.74) is 9.46. The number of rotatable bonds is 12. The minimum Gasteiger partial charge on any atom is -0.465 e. The van der Waals surface area contributed by atoms with Gasteiger partial charge in [-0.15, -0.1) is 0 Å². The largest absolute Gasteiger partial charge is 0.465 e. The summed E-state index contributed by atoms with van der Waals surface area (Å²) in [7, 11) is -1.20. The molecule has 0 unspecified atom stereocenters. The van der Waals surface area contributed by atoms with E-state index in [2.05, 4.69) is 25.1 Å². The third kappa shape index (κ3) is 9.82. The van der Waals surface area contributed by atoms with Gasteiger partial charge in [0.15, 0.2) is 0 Å². The molecule has 0 bridgehead atoms.